The molecule has 0 heterocycles. The Bertz CT molecular complexity index is 415. The molecule has 1 amide bonds. The van der Waals surface area contributed by atoms with Crippen LogP contribution in [0.4, 0.5) is 10.1 Å². The van der Waals surface area contributed by atoms with Crippen molar-refractivity contribution >= 4 is 23.4 Å². The minimum Gasteiger partial charge on any atom is -0.497 e. The number of carbonyl (C=O) groups is 1. The smallest absolute Gasteiger partial charge is 0.241 e. The third-order valence-corrected chi connectivity index (χ3v) is 3.05. The standard InChI is InChI=1S/C12H17FN2O2S/c1-17-8-3-4-9(13)11(7-8)15-12(16)10(14)5-6-18-2/h3-4,7,10H,5-6,14H2,1-2H3,(H,15,16)/t10-/m0/s1. The summed E-state index contributed by atoms with van der Waals surface area (Å²) < 4.78 is 18.4. The Morgan fingerprint density at radius 1 is 1.61 bits per heavy atom. The molecule has 6 heteroatoms. The number of rotatable bonds is 6. The molecule has 0 saturated carbocycles. The second kappa shape index (κ2) is 7.23. The second-order valence-electron chi connectivity index (χ2n) is 3.72. The predicted octanol–water partition coefficient (Wildman–Crippen LogP) is 1.85. The molecule has 0 aliphatic rings. The van der Waals surface area contributed by atoms with Crippen molar-refractivity contribution in [3.8, 4) is 5.75 Å². The highest BCUT2D eigenvalue weighted by molar-refractivity contribution is 7.98. The molecule has 0 spiro atoms. The molecule has 0 aromatic heterocycles. The molecule has 0 aliphatic heterocycles. The van der Waals surface area contributed by atoms with Crippen LogP contribution in [-0.2, 0) is 4.79 Å². The third kappa shape index (κ3) is 4.19. The quantitative estimate of drug-likeness (QED) is 0.829. The van der Waals surface area contributed by atoms with Crippen molar-refractivity contribution in [1.29, 1.82) is 0 Å². The molecule has 100 valence electrons. The lowest BCUT2D eigenvalue weighted by Gasteiger charge is -2.12. The lowest BCUT2D eigenvalue weighted by atomic mass is 10.2. The Morgan fingerprint density at radius 2 is 2.33 bits per heavy atom. The number of nitrogens with two attached hydrogens (primary N) is 1. The molecular formula is C12H17FN2O2S. The van der Waals surface area contributed by atoms with Crippen molar-refractivity contribution < 1.29 is 13.9 Å². The summed E-state index contributed by atoms with van der Waals surface area (Å²) in [7, 11) is 1.48. The van der Waals surface area contributed by atoms with Crippen LogP contribution in [0.25, 0.3) is 0 Å². The molecule has 1 aromatic rings. The third-order valence-electron chi connectivity index (χ3n) is 2.40. The number of halogens is 1. The van der Waals surface area contributed by atoms with Crippen LogP contribution in [0.1, 0.15) is 6.42 Å². The molecule has 1 atom stereocenters. The van der Waals surface area contributed by atoms with Gasteiger partial charge >= 0.3 is 0 Å². The minimum atomic E-state index is -0.636. The van der Waals surface area contributed by atoms with E-state index in [0.717, 1.165) is 5.75 Å². The van der Waals surface area contributed by atoms with Crippen LogP contribution in [0, 0.1) is 5.82 Å². The van der Waals surface area contributed by atoms with Crippen LogP contribution >= 0.6 is 11.8 Å². The molecule has 0 unspecified atom stereocenters. The van der Waals surface area contributed by atoms with Crippen molar-refractivity contribution in [3.63, 3.8) is 0 Å². The summed E-state index contributed by atoms with van der Waals surface area (Å²) in [4.78, 5) is 11.7. The van der Waals surface area contributed by atoms with Gasteiger partial charge in [-0.2, -0.15) is 11.8 Å². The van der Waals surface area contributed by atoms with E-state index >= 15 is 0 Å². The number of carbonyl (C=O) groups excluding carboxylic acids is 1. The molecule has 0 bridgehead atoms. The molecule has 0 fully saturated rings. The van der Waals surface area contributed by atoms with E-state index in [1.807, 2.05) is 6.26 Å². The SMILES string of the molecule is COc1ccc(F)c(NC(=O)[C@@H](N)CCSC)c1. The molecule has 0 saturated heterocycles. The van der Waals surface area contributed by atoms with Crippen molar-refractivity contribution in [2.24, 2.45) is 5.73 Å². The molecule has 1 rings (SSSR count). The Morgan fingerprint density at radius 3 is 2.94 bits per heavy atom. The Hall–Kier alpha value is -1.27. The van der Waals surface area contributed by atoms with Crippen molar-refractivity contribution in [2.75, 3.05) is 24.4 Å². The maximum atomic E-state index is 13.5. The van der Waals surface area contributed by atoms with Crippen LogP contribution in [-0.4, -0.2) is 31.1 Å². The van der Waals surface area contributed by atoms with E-state index in [1.165, 1.54) is 25.3 Å². The summed E-state index contributed by atoms with van der Waals surface area (Å²) in [6.07, 6.45) is 2.49. The van der Waals surface area contributed by atoms with Gasteiger partial charge in [0.15, 0.2) is 0 Å². The number of thioether (sulfide) groups is 1. The Kier molecular flexibility index (Phi) is 5.94. The number of benzene rings is 1. The lowest BCUT2D eigenvalue weighted by molar-refractivity contribution is -0.117. The largest absolute Gasteiger partial charge is 0.497 e. The normalized spacial score (nSPS) is 12.0. The van der Waals surface area contributed by atoms with Crippen molar-refractivity contribution in [3.05, 3.63) is 24.0 Å². The van der Waals surface area contributed by atoms with Gasteiger partial charge in [-0.25, -0.2) is 4.39 Å². The van der Waals surface area contributed by atoms with Crippen LogP contribution < -0.4 is 15.8 Å². The van der Waals surface area contributed by atoms with E-state index in [1.54, 1.807) is 11.8 Å². The summed E-state index contributed by atoms with van der Waals surface area (Å²) in [5.41, 5.74) is 5.78. The van der Waals surface area contributed by atoms with Gasteiger partial charge in [0.2, 0.25) is 5.91 Å². The minimum absolute atomic E-state index is 0.0824. The van der Waals surface area contributed by atoms with Crippen LogP contribution in [0.15, 0.2) is 18.2 Å². The van der Waals surface area contributed by atoms with Crippen LogP contribution in [0.2, 0.25) is 0 Å². The number of hydrogen-bond acceptors (Lipinski definition) is 4. The van der Waals surface area contributed by atoms with Gasteiger partial charge in [0.25, 0.3) is 0 Å². The van der Waals surface area contributed by atoms with Gasteiger partial charge < -0.3 is 15.8 Å². The average molecular weight is 272 g/mol. The molecular weight excluding hydrogens is 255 g/mol. The topological polar surface area (TPSA) is 64.3 Å². The van der Waals surface area contributed by atoms with E-state index in [9.17, 15) is 9.18 Å². The number of methoxy groups -OCH3 is 1. The predicted molar refractivity (Wildman–Crippen MR) is 72.6 cm³/mol. The van der Waals surface area contributed by atoms with Gasteiger partial charge in [-0.1, -0.05) is 0 Å². The average Bonchev–Trinajstić information content (AvgIpc) is 2.38. The van der Waals surface area contributed by atoms with E-state index in [0.29, 0.717) is 12.2 Å². The fourth-order valence-corrected chi connectivity index (χ4v) is 1.82. The highest BCUT2D eigenvalue weighted by Crippen LogP contribution is 2.21. The fraction of sp³-hybridized carbons (Fsp3) is 0.417. The molecule has 0 aliphatic carbocycles. The van der Waals surface area contributed by atoms with Gasteiger partial charge in [0.05, 0.1) is 18.8 Å². The van der Waals surface area contributed by atoms with Crippen molar-refractivity contribution in [2.45, 2.75) is 12.5 Å². The van der Waals surface area contributed by atoms with E-state index < -0.39 is 17.8 Å². The number of nitrogens with one attached hydrogen (secondary N) is 1. The maximum Gasteiger partial charge on any atom is 0.241 e. The fourth-order valence-electron chi connectivity index (χ4n) is 1.33. The summed E-state index contributed by atoms with van der Waals surface area (Å²) in [6.45, 7) is 0. The molecule has 0 radical (unpaired) electrons. The van der Waals surface area contributed by atoms with Gasteiger partial charge in [0, 0.05) is 6.07 Å². The highest BCUT2D eigenvalue weighted by atomic mass is 32.2. The van der Waals surface area contributed by atoms with E-state index in [2.05, 4.69) is 5.32 Å². The first-order valence-electron chi connectivity index (χ1n) is 5.47. The van der Waals surface area contributed by atoms with E-state index in [4.69, 9.17) is 10.5 Å². The number of anilines is 1. The molecule has 1 aromatic carbocycles. The van der Waals surface area contributed by atoms with Gasteiger partial charge in [-0.3, -0.25) is 4.79 Å². The summed E-state index contributed by atoms with van der Waals surface area (Å²) in [5, 5.41) is 2.47. The molecule has 3 N–H and O–H groups in total. The van der Waals surface area contributed by atoms with Gasteiger partial charge in [-0.05, 0) is 30.6 Å². The zero-order valence-corrected chi connectivity index (χ0v) is 11.2. The molecule has 18 heavy (non-hydrogen) atoms. The Labute approximate surface area is 110 Å². The zero-order valence-electron chi connectivity index (χ0n) is 10.4. The monoisotopic (exact) mass is 272 g/mol. The van der Waals surface area contributed by atoms with E-state index in [-0.39, 0.29) is 5.69 Å². The Balaban J connectivity index is 2.68. The summed E-state index contributed by atoms with van der Waals surface area (Å²) >= 11 is 1.61. The lowest BCUT2D eigenvalue weighted by Crippen LogP contribution is -2.36. The number of hydrogen-bond donors (Lipinski definition) is 2. The first-order valence-corrected chi connectivity index (χ1v) is 6.86. The van der Waals surface area contributed by atoms with Crippen molar-refractivity contribution in [1.82, 2.24) is 0 Å². The number of ether oxygens (including phenoxy) is 1. The van der Waals surface area contributed by atoms with Gasteiger partial charge in [0.1, 0.15) is 11.6 Å². The number of amides is 1. The zero-order chi connectivity index (χ0) is 13.5. The summed E-state index contributed by atoms with van der Waals surface area (Å²) in [5.74, 6) is 0.358. The molecule has 4 nitrogen and oxygen atoms in total. The van der Waals surface area contributed by atoms with Gasteiger partial charge in [-0.15, -0.1) is 0 Å². The van der Waals surface area contributed by atoms with Crippen LogP contribution in [0.3, 0.4) is 0 Å². The summed E-state index contributed by atoms with van der Waals surface area (Å²) in [6, 6.07) is 3.51. The second-order valence-corrected chi connectivity index (χ2v) is 4.71. The first-order chi connectivity index (χ1) is 8.58. The highest BCUT2D eigenvalue weighted by Gasteiger charge is 2.15. The van der Waals surface area contributed by atoms with Crippen LogP contribution in [0.5, 0.6) is 5.75 Å². The first kappa shape index (κ1) is 14.8. The maximum absolute atomic E-state index is 13.5.